The zero-order valence-corrected chi connectivity index (χ0v) is 13.7. The molecule has 1 aromatic heterocycles. The number of nitrogens with two attached hydrogens (primary N) is 1. The molecule has 0 saturated heterocycles. The van der Waals surface area contributed by atoms with E-state index in [9.17, 15) is 0 Å². The van der Waals surface area contributed by atoms with E-state index in [1.165, 1.54) is 25.7 Å². The molecule has 0 aliphatic heterocycles. The molecule has 1 saturated carbocycles. The van der Waals surface area contributed by atoms with Gasteiger partial charge in [0, 0.05) is 12.6 Å². The quantitative estimate of drug-likeness (QED) is 0.910. The van der Waals surface area contributed by atoms with E-state index in [0.29, 0.717) is 18.0 Å². The molecule has 19 heavy (non-hydrogen) atoms. The van der Waals surface area contributed by atoms with E-state index in [2.05, 4.69) is 41.7 Å². The van der Waals surface area contributed by atoms with E-state index in [1.807, 2.05) is 12.1 Å². The highest BCUT2D eigenvalue weighted by Gasteiger charge is 2.32. The predicted molar refractivity (Wildman–Crippen MR) is 82.0 cm³/mol. The fraction of sp³-hybridized carbons (Fsp3) is 0.733. The SMILES string of the molecule is CN(C1CCC(C)(C)CC1)C(CN)c1ccc(Br)o1. The number of halogens is 1. The minimum atomic E-state index is 0.178. The Morgan fingerprint density at radius 3 is 2.53 bits per heavy atom. The molecule has 108 valence electrons. The van der Waals surface area contributed by atoms with Gasteiger partial charge in [-0.3, -0.25) is 4.90 Å². The maximum Gasteiger partial charge on any atom is 0.169 e. The van der Waals surface area contributed by atoms with Gasteiger partial charge in [0.2, 0.25) is 0 Å². The van der Waals surface area contributed by atoms with Crippen LogP contribution in [0.15, 0.2) is 21.2 Å². The Bertz CT molecular complexity index is 406. The minimum Gasteiger partial charge on any atom is -0.453 e. The van der Waals surface area contributed by atoms with Crippen molar-refractivity contribution in [2.45, 2.75) is 51.6 Å². The van der Waals surface area contributed by atoms with Gasteiger partial charge >= 0.3 is 0 Å². The molecule has 3 nitrogen and oxygen atoms in total. The van der Waals surface area contributed by atoms with Gasteiger partial charge < -0.3 is 10.2 Å². The number of hydrogen-bond acceptors (Lipinski definition) is 3. The molecule has 0 spiro atoms. The van der Waals surface area contributed by atoms with Crippen LogP contribution in [0.1, 0.15) is 51.3 Å². The van der Waals surface area contributed by atoms with Crippen LogP contribution in [0.4, 0.5) is 0 Å². The number of likely N-dealkylation sites (N-methyl/N-ethyl adjacent to an activating group) is 1. The van der Waals surface area contributed by atoms with Crippen LogP contribution in [0.25, 0.3) is 0 Å². The Kier molecular flexibility index (Phi) is 4.75. The molecule has 4 heteroatoms. The van der Waals surface area contributed by atoms with E-state index in [-0.39, 0.29) is 6.04 Å². The van der Waals surface area contributed by atoms with E-state index >= 15 is 0 Å². The molecule has 0 radical (unpaired) electrons. The Morgan fingerprint density at radius 2 is 2.05 bits per heavy atom. The summed E-state index contributed by atoms with van der Waals surface area (Å²) in [6.07, 6.45) is 5.09. The summed E-state index contributed by atoms with van der Waals surface area (Å²) in [7, 11) is 2.18. The second kappa shape index (κ2) is 5.98. The van der Waals surface area contributed by atoms with Crippen molar-refractivity contribution in [2.24, 2.45) is 11.1 Å². The van der Waals surface area contributed by atoms with E-state index in [4.69, 9.17) is 10.2 Å². The number of furan rings is 1. The zero-order valence-electron chi connectivity index (χ0n) is 12.2. The first-order valence-corrected chi connectivity index (χ1v) is 7.89. The van der Waals surface area contributed by atoms with Crippen LogP contribution in [0.2, 0.25) is 0 Å². The fourth-order valence-corrected chi connectivity index (χ4v) is 3.36. The Balaban J connectivity index is 2.03. The zero-order chi connectivity index (χ0) is 14.0. The molecule has 1 heterocycles. The molecule has 1 atom stereocenters. The third-order valence-corrected chi connectivity index (χ3v) is 4.95. The smallest absolute Gasteiger partial charge is 0.169 e. The summed E-state index contributed by atoms with van der Waals surface area (Å²) < 4.78 is 6.46. The second-order valence-electron chi connectivity index (χ2n) is 6.45. The van der Waals surface area contributed by atoms with Crippen molar-refractivity contribution >= 4 is 15.9 Å². The third-order valence-electron chi connectivity index (χ3n) is 4.52. The first-order chi connectivity index (χ1) is 8.93. The lowest BCUT2D eigenvalue weighted by atomic mass is 9.75. The second-order valence-corrected chi connectivity index (χ2v) is 7.24. The van der Waals surface area contributed by atoms with Crippen LogP contribution < -0.4 is 5.73 Å². The molecule has 1 unspecified atom stereocenters. The number of nitrogens with zero attached hydrogens (tertiary/aromatic N) is 1. The normalized spacial score (nSPS) is 21.8. The van der Waals surface area contributed by atoms with Crippen molar-refractivity contribution in [3.8, 4) is 0 Å². The van der Waals surface area contributed by atoms with Crippen LogP contribution in [-0.4, -0.2) is 24.5 Å². The van der Waals surface area contributed by atoms with Crippen LogP contribution in [0.3, 0.4) is 0 Å². The summed E-state index contributed by atoms with van der Waals surface area (Å²) in [6, 6.07) is 4.75. The van der Waals surface area contributed by atoms with Gasteiger partial charge in [0.1, 0.15) is 5.76 Å². The lowest BCUT2D eigenvalue weighted by Crippen LogP contribution is -2.41. The summed E-state index contributed by atoms with van der Waals surface area (Å²) >= 11 is 3.36. The standard InChI is InChI=1S/C15H25BrN2O/c1-15(2)8-6-11(7-9-15)18(3)12(10-17)13-4-5-14(16)19-13/h4-5,11-12H,6-10,17H2,1-3H3. The molecule has 1 aliphatic rings. The van der Waals surface area contributed by atoms with Crippen molar-refractivity contribution in [3.63, 3.8) is 0 Å². The third kappa shape index (κ3) is 3.61. The number of rotatable bonds is 4. The van der Waals surface area contributed by atoms with Crippen molar-refractivity contribution in [1.82, 2.24) is 4.90 Å². The summed E-state index contributed by atoms with van der Waals surface area (Å²) in [6.45, 7) is 5.33. The monoisotopic (exact) mass is 328 g/mol. The molecule has 2 rings (SSSR count). The van der Waals surface area contributed by atoms with Crippen molar-refractivity contribution in [2.75, 3.05) is 13.6 Å². The van der Waals surface area contributed by atoms with Crippen molar-refractivity contribution < 1.29 is 4.42 Å². The average Bonchev–Trinajstić information content (AvgIpc) is 2.76. The van der Waals surface area contributed by atoms with Crippen LogP contribution in [0, 0.1) is 5.41 Å². The predicted octanol–water partition coefficient (Wildman–Crippen LogP) is 3.94. The summed E-state index contributed by atoms with van der Waals surface area (Å²) in [5, 5.41) is 0. The van der Waals surface area contributed by atoms with Crippen molar-refractivity contribution in [1.29, 1.82) is 0 Å². The molecule has 0 amide bonds. The van der Waals surface area contributed by atoms with E-state index in [0.717, 1.165) is 10.4 Å². The largest absolute Gasteiger partial charge is 0.453 e. The van der Waals surface area contributed by atoms with Crippen LogP contribution >= 0.6 is 15.9 Å². The van der Waals surface area contributed by atoms with E-state index < -0.39 is 0 Å². The maximum atomic E-state index is 5.96. The summed E-state index contributed by atoms with van der Waals surface area (Å²) in [5.74, 6) is 0.960. The molecule has 2 N–H and O–H groups in total. The molecular formula is C15H25BrN2O. The van der Waals surface area contributed by atoms with Gasteiger partial charge in [-0.1, -0.05) is 13.8 Å². The van der Waals surface area contributed by atoms with Gasteiger partial charge in [0.15, 0.2) is 4.67 Å². The highest BCUT2D eigenvalue weighted by atomic mass is 79.9. The van der Waals surface area contributed by atoms with Gasteiger partial charge in [-0.2, -0.15) is 0 Å². The van der Waals surface area contributed by atoms with Gasteiger partial charge in [-0.25, -0.2) is 0 Å². The minimum absolute atomic E-state index is 0.178. The first-order valence-electron chi connectivity index (χ1n) is 7.10. The Morgan fingerprint density at radius 1 is 1.42 bits per heavy atom. The maximum absolute atomic E-state index is 5.96. The van der Waals surface area contributed by atoms with Gasteiger partial charge in [0.25, 0.3) is 0 Å². The first kappa shape index (κ1) is 15.1. The van der Waals surface area contributed by atoms with Gasteiger partial charge in [-0.15, -0.1) is 0 Å². The van der Waals surface area contributed by atoms with Crippen LogP contribution in [-0.2, 0) is 0 Å². The molecule has 1 fully saturated rings. The Hall–Kier alpha value is -0.320. The lowest BCUT2D eigenvalue weighted by molar-refractivity contribution is 0.0879. The fourth-order valence-electron chi connectivity index (χ4n) is 3.04. The van der Waals surface area contributed by atoms with Gasteiger partial charge in [-0.05, 0) is 66.2 Å². The number of hydrogen-bond donors (Lipinski definition) is 1. The Labute approximate surface area is 124 Å². The lowest BCUT2D eigenvalue weighted by Gasteiger charge is -2.41. The average molecular weight is 329 g/mol. The summed E-state index contributed by atoms with van der Waals surface area (Å²) in [4.78, 5) is 2.40. The van der Waals surface area contributed by atoms with E-state index in [1.54, 1.807) is 0 Å². The van der Waals surface area contributed by atoms with Gasteiger partial charge in [0.05, 0.1) is 6.04 Å². The summed E-state index contributed by atoms with van der Waals surface area (Å²) in [5.41, 5.74) is 6.46. The highest BCUT2D eigenvalue weighted by Crippen LogP contribution is 2.38. The molecule has 1 aliphatic carbocycles. The van der Waals surface area contributed by atoms with Crippen molar-refractivity contribution in [3.05, 3.63) is 22.6 Å². The molecular weight excluding hydrogens is 304 g/mol. The molecule has 0 aromatic carbocycles. The van der Waals surface area contributed by atoms with Crippen LogP contribution in [0.5, 0.6) is 0 Å². The molecule has 1 aromatic rings. The highest BCUT2D eigenvalue weighted by molar-refractivity contribution is 9.10. The molecule has 0 bridgehead atoms. The topological polar surface area (TPSA) is 42.4 Å².